The normalized spacial score (nSPS) is 22.0. The van der Waals surface area contributed by atoms with Gasteiger partial charge in [-0.2, -0.15) is 0 Å². The second-order valence-electron chi connectivity index (χ2n) is 7.74. The summed E-state index contributed by atoms with van der Waals surface area (Å²) in [5.41, 5.74) is 2.54. The summed E-state index contributed by atoms with van der Waals surface area (Å²) in [7, 11) is 0. The van der Waals surface area contributed by atoms with Crippen molar-refractivity contribution in [1.82, 2.24) is 15.2 Å². The number of benzene rings is 2. The molecular weight excluding hydrogens is 417 g/mol. The molecule has 9 heteroatoms. The van der Waals surface area contributed by atoms with Crippen molar-refractivity contribution in [3.63, 3.8) is 0 Å². The first kappa shape index (κ1) is 20.2. The van der Waals surface area contributed by atoms with Crippen molar-refractivity contribution in [2.24, 2.45) is 0 Å². The molecule has 3 atom stereocenters. The van der Waals surface area contributed by atoms with Gasteiger partial charge in [0.05, 0.1) is 12.2 Å². The number of carbonyl (C=O) groups excluding carboxylic acids is 2. The topological polar surface area (TPSA) is 93.9 Å². The molecule has 2 saturated heterocycles. The van der Waals surface area contributed by atoms with E-state index < -0.39 is 18.4 Å². The average Bonchev–Trinajstić information content (AvgIpc) is 3.44. The molecule has 0 unspecified atom stereocenters. The minimum absolute atomic E-state index is 0.130. The number of amides is 1. The number of esters is 1. The van der Waals surface area contributed by atoms with Crippen molar-refractivity contribution < 1.29 is 27.9 Å². The predicted molar refractivity (Wildman–Crippen MR) is 110 cm³/mol. The Bertz CT molecular complexity index is 1120. The molecule has 0 aliphatic carbocycles. The van der Waals surface area contributed by atoms with Gasteiger partial charge in [0, 0.05) is 12.1 Å². The van der Waals surface area contributed by atoms with Crippen molar-refractivity contribution >= 4 is 12.1 Å². The monoisotopic (exact) mass is 437 g/mol. The van der Waals surface area contributed by atoms with Crippen LogP contribution < -0.4 is 5.32 Å². The van der Waals surface area contributed by atoms with Crippen LogP contribution >= 0.6 is 0 Å². The average molecular weight is 437 g/mol. The number of oxazole rings is 1. The molecule has 2 aliphatic heterocycles. The fourth-order valence-corrected chi connectivity index (χ4v) is 4.08. The van der Waals surface area contributed by atoms with Crippen molar-refractivity contribution in [1.29, 1.82) is 0 Å². The number of halogens is 1. The number of alkyl carbamates (subject to hydrolysis) is 1. The van der Waals surface area contributed by atoms with Gasteiger partial charge in [-0.1, -0.05) is 36.4 Å². The van der Waals surface area contributed by atoms with E-state index in [0.717, 1.165) is 11.1 Å². The number of nitrogens with one attached hydrogen (secondary N) is 1. The molecule has 1 N–H and O–H groups in total. The lowest BCUT2D eigenvalue weighted by atomic mass is 9.90. The number of fused-ring (bicyclic) bond motifs is 1. The Morgan fingerprint density at radius 1 is 1.22 bits per heavy atom. The Balaban J connectivity index is 1.23. The fraction of sp³-hybridized carbons (Fsp3) is 0.261. The molecule has 8 nitrogen and oxygen atoms in total. The summed E-state index contributed by atoms with van der Waals surface area (Å²) in [6.45, 7) is 0.293. The molecule has 0 radical (unpaired) electrons. The van der Waals surface area contributed by atoms with Gasteiger partial charge in [-0.3, -0.25) is 4.79 Å². The van der Waals surface area contributed by atoms with Crippen LogP contribution in [0.4, 0.5) is 9.18 Å². The third kappa shape index (κ3) is 4.06. The number of hydrogen-bond donors (Lipinski definition) is 1. The highest BCUT2D eigenvalue weighted by molar-refractivity contribution is 5.75. The van der Waals surface area contributed by atoms with Gasteiger partial charge >= 0.3 is 12.1 Å². The lowest BCUT2D eigenvalue weighted by Gasteiger charge is -2.47. The highest BCUT2D eigenvalue weighted by Gasteiger charge is 2.57. The first-order chi connectivity index (χ1) is 15.6. The predicted octanol–water partition coefficient (Wildman–Crippen LogP) is 2.89. The van der Waals surface area contributed by atoms with Gasteiger partial charge in [0.1, 0.15) is 12.4 Å². The molecule has 3 heterocycles. The fourth-order valence-electron chi connectivity index (χ4n) is 4.08. The van der Waals surface area contributed by atoms with Gasteiger partial charge in [0.2, 0.25) is 0 Å². The lowest BCUT2D eigenvalue weighted by Crippen LogP contribution is -2.67. The van der Waals surface area contributed by atoms with E-state index in [1.165, 1.54) is 18.5 Å². The van der Waals surface area contributed by atoms with E-state index in [2.05, 4.69) is 10.3 Å². The number of aromatic nitrogens is 1. The number of hydrogen-bond acceptors (Lipinski definition) is 7. The number of carbonyl (C=O) groups is 2. The molecule has 0 saturated carbocycles. The summed E-state index contributed by atoms with van der Waals surface area (Å²) >= 11 is 0. The molecular formula is C23H20FN3O5. The van der Waals surface area contributed by atoms with Crippen LogP contribution in [0.1, 0.15) is 11.1 Å². The Morgan fingerprint density at radius 2 is 2.06 bits per heavy atom. The van der Waals surface area contributed by atoms with Crippen LogP contribution in [-0.2, 0) is 27.2 Å². The largest absolute Gasteiger partial charge is 0.444 e. The number of rotatable bonds is 6. The minimum Gasteiger partial charge on any atom is -0.444 e. The molecule has 0 bridgehead atoms. The molecule has 2 fully saturated rings. The quantitative estimate of drug-likeness (QED) is 0.593. The zero-order chi connectivity index (χ0) is 22.1. The van der Waals surface area contributed by atoms with Gasteiger partial charge in [0.15, 0.2) is 24.5 Å². The highest BCUT2D eigenvalue weighted by Crippen LogP contribution is 2.36. The van der Waals surface area contributed by atoms with Crippen LogP contribution in [0.5, 0.6) is 0 Å². The Hall–Kier alpha value is -3.72. The van der Waals surface area contributed by atoms with Crippen LogP contribution in [0.2, 0.25) is 0 Å². The van der Waals surface area contributed by atoms with Gasteiger partial charge in [0.25, 0.3) is 0 Å². The van der Waals surface area contributed by atoms with Gasteiger partial charge < -0.3 is 19.2 Å². The summed E-state index contributed by atoms with van der Waals surface area (Å²) in [4.78, 5) is 29.9. The van der Waals surface area contributed by atoms with Crippen molar-refractivity contribution in [3.8, 4) is 11.3 Å². The lowest BCUT2D eigenvalue weighted by molar-refractivity contribution is -0.188. The first-order valence-corrected chi connectivity index (χ1v) is 10.2. The van der Waals surface area contributed by atoms with E-state index in [1.54, 1.807) is 18.3 Å². The molecule has 0 spiro atoms. The molecule has 2 aromatic carbocycles. The summed E-state index contributed by atoms with van der Waals surface area (Å²) in [6.07, 6.45) is 1.77. The molecule has 1 aromatic heterocycles. The molecule has 1 amide bonds. The summed E-state index contributed by atoms with van der Waals surface area (Å²) in [6, 6.07) is 13.6. The molecule has 32 heavy (non-hydrogen) atoms. The maximum atomic E-state index is 13.3. The summed E-state index contributed by atoms with van der Waals surface area (Å²) in [5.74, 6) is -0.0403. The Kier molecular flexibility index (Phi) is 5.32. The third-order valence-electron chi connectivity index (χ3n) is 5.66. The van der Waals surface area contributed by atoms with Crippen LogP contribution in [-0.4, -0.2) is 46.9 Å². The third-order valence-corrected chi connectivity index (χ3v) is 5.66. The minimum atomic E-state index is -0.646. The second-order valence-corrected chi connectivity index (χ2v) is 7.74. The second kappa shape index (κ2) is 8.43. The molecule has 3 aromatic rings. The smallest absolute Gasteiger partial charge is 0.407 e. The van der Waals surface area contributed by atoms with Gasteiger partial charge in [-0.05, 0) is 29.7 Å². The van der Waals surface area contributed by atoms with Crippen LogP contribution in [0.15, 0.2) is 65.5 Å². The van der Waals surface area contributed by atoms with E-state index in [1.807, 2.05) is 29.2 Å². The van der Waals surface area contributed by atoms with Crippen LogP contribution in [0, 0.1) is 5.82 Å². The summed E-state index contributed by atoms with van der Waals surface area (Å²) < 4.78 is 29.5. The van der Waals surface area contributed by atoms with Gasteiger partial charge in [-0.15, -0.1) is 0 Å². The van der Waals surface area contributed by atoms with Crippen molar-refractivity contribution in [2.75, 3.05) is 6.54 Å². The molecule has 2 aliphatic rings. The maximum Gasteiger partial charge on any atom is 0.407 e. The van der Waals surface area contributed by atoms with E-state index in [9.17, 15) is 14.0 Å². The van der Waals surface area contributed by atoms with E-state index in [0.29, 0.717) is 17.7 Å². The van der Waals surface area contributed by atoms with Crippen LogP contribution in [0.25, 0.3) is 11.3 Å². The Labute approximate surface area is 182 Å². The Morgan fingerprint density at radius 3 is 2.81 bits per heavy atom. The maximum absolute atomic E-state index is 13.3. The van der Waals surface area contributed by atoms with E-state index in [-0.39, 0.29) is 30.9 Å². The van der Waals surface area contributed by atoms with Crippen molar-refractivity contribution in [3.05, 3.63) is 78.1 Å². The first-order valence-electron chi connectivity index (χ1n) is 10.2. The van der Waals surface area contributed by atoms with E-state index in [4.69, 9.17) is 13.9 Å². The molecule has 164 valence electrons. The van der Waals surface area contributed by atoms with E-state index >= 15 is 0 Å². The number of nitrogens with zero attached hydrogens (tertiary/aromatic N) is 2. The zero-order valence-corrected chi connectivity index (χ0v) is 16.9. The van der Waals surface area contributed by atoms with Gasteiger partial charge in [-0.25, -0.2) is 19.1 Å². The zero-order valence-electron chi connectivity index (χ0n) is 16.9. The highest BCUT2D eigenvalue weighted by atomic mass is 19.1. The SMILES string of the molecule is O=C1CN2[C@H](Cc3ccc(-c4cnco4)cc3)[C@H](OC(=O)NCc3cccc(F)c3)[C@H]2O1. The summed E-state index contributed by atoms with van der Waals surface area (Å²) in [5, 5.41) is 2.62. The standard InChI is InChI=1S/C23H20FN3O5/c24-17-3-1-2-15(8-17)10-26-23(29)32-21-18(27-12-20(28)31-22(21)27)9-14-4-6-16(7-5-14)19-11-25-13-30-19/h1-8,11,13,18,21-22H,9-10,12H2,(H,26,29)/t18-,21+,22-/m1/s1. The molecule has 5 rings (SSSR count). The van der Waals surface area contributed by atoms with Crippen molar-refractivity contribution in [2.45, 2.75) is 31.3 Å². The number of ether oxygens (including phenoxy) is 2. The van der Waals surface area contributed by atoms with Crippen LogP contribution in [0.3, 0.4) is 0 Å².